The lowest BCUT2D eigenvalue weighted by Crippen LogP contribution is -2.43. The number of aliphatic carboxylic acids is 1. The molecule has 2 atom stereocenters. The maximum atomic E-state index is 12.3. The number of carboxylic acid groups (broad SMARTS) is 1. The summed E-state index contributed by atoms with van der Waals surface area (Å²) < 4.78 is 6.34. The minimum absolute atomic E-state index is 0.116. The van der Waals surface area contributed by atoms with E-state index in [2.05, 4.69) is 15.9 Å². The van der Waals surface area contributed by atoms with Crippen LogP contribution in [0.1, 0.15) is 32.8 Å². The van der Waals surface area contributed by atoms with Gasteiger partial charge in [0.2, 0.25) is 0 Å². The van der Waals surface area contributed by atoms with Crippen LogP contribution in [0.2, 0.25) is 0 Å². The largest absolute Gasteiger partial charge is 0.480 e. The molecule has 1 heterocycles. The fourth-order valence-electron chi connectivity index (χ4n) is 2.78. The molecule has 1 saturated heterocycles. The van der Waals surface area contributed by atoms with Crippen LogP contribution in [-0.4, -0.2) is 40.3 Å². The summed E-state index contributed by atoms with van der Waals surface area (Å²) in [7, 11) is 0. The number of nitrogens with zero attached hydrogens (tertiary/aromatic N) is 1. The van der Waals surface area contributed by atoms with Crippen LogP contribution in [0.5, 0.6) is 0 Å². The quantitative estimate of drug-likeness (QED) is 0.863. The van der Waals surface area contributed by atoms with E-state index in [4.69, 9.17) is 4.74 Å². The maximum Gasteiger partial charge on any atom is 0.411 e. The first kappa shape index (κ1) is 17.8. The van der Waals surface area contributed by atoms with Crippen molar-refractivity contribution in [3.05, 3.63) is 34.3 Å². The molecule has 1 aromatic rings. The number of rotatable bonds is 3. The molecule has 5 nitrogen and oxygen atoms in total. The van der Waals surface area contributed by atoms with Gasteiger partial charge in [0.15, 0.2) is 0 Å². The van der Waals surface area contributed by atoms with Gasteiger partial charge < -0.3 is 9.84 Å². The summed E-state index contributed by atoms with van der Waals surface area (Å²) in [6, 6.07) is 7.13. The highest BCUT2D eigenvalue weighted by molar-refractivity contribution is 9.10. The van der Waals surface area contributed by atoms with E-state index >= 15 is 0 Å². The van der Waals surface area contributed by atoms with Crippen molar-refractivity contribution in [1.82, 2.24) is 4.90 Å². The Morgan fingerprint density at radius 2 is 1.91 bits per heavy atom. The van der Waals surface area contributed by atoms with E-state index in [0.717, 1.165) is 16.5 Å². The van der Waals surface area contributed by atoms with Gasteiger partial charge in [-0.1, -0.05) is 28.1 Å². The molecule has 0 spiro atoms. The predicted molar refractivity (Wildman–Crippen MR) is 90.3 cm³/mol. The van der Waals surface area contributed by atoms with Crippen LogP contribution in [0.15, 0.2) is 28.7 Å². The number of benzene rings is 1. The molecule has 6 heteroatoms. The van der Waals surface area contributed by atoms with E-state index in [0.29, 0.717) is 13.0 Å². The van der Waals surface area contributed by atoms with Gasteiger partial charge in [-0.3, -0.25) is 4.90 Å². The van der Waals surface area contributed by atoms with Crippen LogP contribution in [0.3, 0.4) is 0 Å². The van der Waals surface area contributed by atoms with Gasteiger partial charge in [0.05, 0.1) is 0 Å². The third-order valence-electron chi connectivity index (χ3n) is 3.74. The molecule has 0 saturated carbocycles. The van der Waals surface area contributed by atoms with E-state index in [9.17, 15) is 14.7 Å². The Morgan fingerprint density at radius 1 is 1.30 bits per heavy atom. The Labute approximate surface area is 144 Å². The van der Waals surface area contributed by atoms with Crippen molar-refractivity contribution >= 4 is 28.0 Å². The number of carbonyl (C=O) groups is 2. The first-order valence-electron chi connectivity index (χ1n) is 7.62. The lowest BCUT2D eigenvalue weighted by Gasteiger charge is -2.26. The number of likely N-dealkylation sites (tertiary alicyclic amines) is 1. The molecule has 0 unspecified atom stereocenters. The maximum absolute atomic E-state index is 12.3. The Balaban J connectivity index is 2.06. The Morgan fingerprint density at radius 3 is 2.43 bits per heavy atom. The van der Waals surface area contributed by atoms with Gasteiger partial charge >= 0.3 is 12.1 Å². The summed E-state index contributed by atoms with van der Waals surface area (Å²) in [5, 5.41) is 9.40. The first-order valence-corrected chi connectivity index (χ1v) is 8.42. The SMILES string of the molecule is CC(C)(C)OC(=O)N1C[C@H](Cc2ccc(Br)cc2)C[C@@H]1C(=O)O. The van der Waals surface area contributed by atoms with Crippen molar-refractivity contribution < 1.29 is 19.4 Å². The minimum Gasteiger partial charge on any atom is -0.480 e. The Bertz CT molecular complexity index is 579. The molecule has 0 aromatic heterocycles. The van der Waals surface area contributed by atoms with E-state index in [-0.39, 0.29) is 5.92 Å². The molecule has 23 heavy (non-hydrogen) atoms. The average molecular weight is 384 g/mol. The van der Waals surface area contributed by atoms with Crippen LogP contribution in [0.4, 0.5) is 4.79 Å². The van der Waals surface area contributed by atoms with Crippen molar-refractivity contribution in [3.63, 3.8) is 0 Å². The van der Waals surface area contributed by atoms with Gasteiger partial charge in [-0.2, -0.15) is 0 Å². The molecule has 1 aliphatic rings. The van der Waals surface area contributed by atoms with Gasteiger partial charge in [-0.15, -0.1) is 0 Å². The molecular formula is C17H22BrNO4. The number of carboxylic acids is 1. The highest BCUT2D eigenvalue weighted by Crippen LogP contribution is 2.28. The number of hydrogen-bond acceptors (Lipinski definition) is 3. The second-order valence-electron chi connectivity index (χ2n) is 6.92. The number of carbonyl (C=O) groups excluding carboxylic acids is 1. The molecule has 1 fully saturated rings. The fraction of sp³-hybridized carbons (Fsp3) is 0.529. The van der Waals surface area contributed by atoms with E-state index in [1.54, 1.807) is 20.8 Å². The molecule has 0 aliphatic carbocycles. The van der Waals surface area contributed by atoms with Crippen molar-refractivity contribution in [1.29, 1.82) is 0 Å². The third-order valence-corrected chi connectivity index (χ3v) is 4.27. The van der Waals surface area contributed by atoms with E-state index in [1.807, 2.05) is 24.3 Å². The number of halogens is 1. The van der Waals surface area contributed by atoms with Crippen molar-refractivity contribution in [3.8, 4) is 0 Å². The standard InChI is InChI=1S/C17H22BrNO4/c1-17(2,3)23-16(22)19-10-12(9-14(19)15(20)21)8-11-4-6-13(18)7-5-11/h4-7,12,14H,8-10H2,1-3H3,(H,20,21)/t12-,14-/m1/s1. The Kier molecular flexibility index (Phi) is 5.34. The smallest absolute Gasteiger partial charge is 0.411 e. The molecular weight excluding hydrogens is 362 g/mol. The highest BCUT2D eigenvalue weighted by Gasteiger charge is 2.41. The van der Waals surface area contributed by atoms with E-state index < -0.39 is 23.7 Å². The fourth-order valence-corrected chi connectivity index (χ4v) is 3.05. The lowest BCUT2D eigenvalue weighted by molar-refractivity contribution is -0.142. The number of ether oxygens (including phenoxy) is 1. The monoisotopic (exact) mass is 383 g/mol. The molecule has 1 amide bonds. The van der Waals surface area contributed by atoms with Gasteiger partial charge in [0.25, 0.3) is 0 Å². The van der Waals surface area contributed by atoms with Gasteiger partial charge in [-0.25, -0.2) is 9.59 Å². The van der Waals surface area contributed by atoms with Crippen LogP contribution in [0.25, 0.3) is 0 Å². The van der Waals surface area contributed by atoms with Crippen molar-refractivity contribution in [2.24, 2.45) is 5.92 Å². The number of hydrogen-bond donors (Lipinski definition) is 1. The number of amides is 1. The molecule has 1 N–H and O–H groups in total. The normalized spacial score (nSPS) is 21.3. The second-order valence-corrected chi connectivity index (χ2v) is 7.83. The second kappa shape index (κ2) is 6.91. The summed E-state index contributed by atoms with van der Waals surface area (Å²) in [6.07, 6.45) is 0.643. The van der Waals surface area contributed by atoms with Gasteiger partial charge in [-0.05, 0) is 57.2 Å². The zero-order valence-electron chi connectivity index (χ0n) is 13.6. The van der Waals surface area contributed by atoms with Gasteiger partial charge in [0, 0.05) is 11.0 Å². The zero-order chi connectivity index (χ0) is 17.2. The minimum atomic E-state index is -0.978. The topological polar surface area (TPSA) is 66.8 Å². The zero-order valence-corrected chi connectivity index (χ0v) is 15.2. The van der Waals surface area contributed by atoms with Crippen LogP contribution < -0.4 is 0 Å². The summed E-state index contributed by atoms with van der Waals surface area (Å²) in [4.78, 5) is 25.1. The lowest BCUT2D eigenvalue weighted by atomic mass is 9.97. The van der Waals surface area contributed by atoms with Crippen LogP contribution in [-0.2, 0) is 16.0 Å². The molecule has 2 rings (SSSR count). The summed E-state index contributed by atoms with van der Waals surface area (Å²) in [6.45, 7) is 5.73. The summed E-state index contributed by atoms with van der Waals surface area (Å²) in [5.41, 5.74) is 0.498. The molecule has 0 radical (unpaired) electrons. The molecule has 126 valence electrons. The molecule has 0 bridgehead atoms. The van der Waals surface area contributed by atoms with Crippen molar-refractivity contribution in [2.75, 3.05) is 6.54 Å². The summed E-state index contributed by atoms with van der Waals surface area (Å²) in [5.74, 6) is -0.862. The van der Waals surface area contributed by atoms with Gasteiger partial charge in [0.1, 0.15) is 11.6 Å². The summed E-state index contributed by atoms with van der Waals surface area (Å²) >= 11 is 3.40. The molecule has 1 aromatic carbocycles. The molecule has 1 aliphatic heterocycles. The van der Waals surface area contributed by atoms with Crippen molar-refractivity contribution in [2.45, 2.75) is 45.3 Å². The predicted octanol–water partition coefficient (Wildman–Crippen LogP) is 3.70. The Hall–Kier alpha value is -1.56. The van der Waals surface area contributed by atoms with E-state index in [1.165, 1.54) is 4.90 Å². The average Bonchev–Trinajstić information content (AvgIpc) is 2.84. The highest BCUT2D eigenvalue weighted by atomic mass is 79.9. The van der Waals surface area contributed by atoms with Crippen LogP contribution in [0, 0.1) is 5.92 Å². The first-order chi connectivity index (χ1) is 10.7. The third kappa shape index (κ3) is 4.96. The van der Waals surface area contributed by atoms with Crippen LogP contribution >= 0.6 is 15.9 Å².